The largest absolute Gasteiger partial charge is 0.368 e. The van der Waals surface area contributed by atoms with Gasteiger partial charge in [-0.15, -0.1) is 0 Å². The van der Waals surface area contributed by atoms with Crippen LogP contribution in [0.2, 0.25) is 0 Å². The van der Waals surface area contributed by atoms with Crippen LogP contribution < -0.4 is 10.2 Å². The zero-order chi connectivity index (χ0) is 19.2. The van der Waals surface area contributed by atoms with Crippen LogP contribution in [0.25, 0.3) is 0 Å². The fraction of sp³-hybridized carbons (Fsp3) is 0.450. The number of anilines is 2. The summed E-state index contributed by atoms with van der Waals surface area (Å²) in [7, 11) is 0. The van der Waals surface area contributed by atoms with Crippen LogP contribution in [0.1, 0.15) is 30.6 Å². The normalized spacial score (nSPS) is 14.5. The number of aromatic nitrogens is 2. The molecule has 0 saturated carbocycles. The summed E-state index contributed by atoms with van der Waals surface area (Å²) in [4.78, 5) is 25.1. The van der Waals surface area contributed by atoms with Gasteiger partial charge in [-0.1, -0.05) is 13.8 Å². The third kappa shape index (κ3) is 5.15. The van der Waals surface area contributed by atoms with Crippen LogP contribution in [0.5, 0.6) is 0 Å². The lowest BCUT2D eigenvalue weighted by Crippen LogP contribution is -2.48. The van der Waals surface area contributed by atoms with E-state index in [0.717, 1.165) is 18.7 Å². The van der Waals surface area contributed by atoms with Crippen molar-refractivity contribution >= 4 is 17.5 Å². The zero-order valence-electron chi connectivity index (χ0n) is 15.9. The van der Waals surface area contributed by atoms with Crippen LogP contribution in [0.3, 0.4) is 0 Å². The lowest BCUT2D eigenvalue weighted by molar-refractivity contribution is 0.0746. The van der Waals surface area contributed by atoms with E-state index in [1.165, 1.54) is 12.1 Å². The second-order valence-electron chi connectivity index (χ2n) is 7.16. The molecule has 1 aromatic carbocycles. The van der Waals surface area contributed by atoms with E-state index in [1.54, 1.807) is 24.5 Å². The third-order valence-corrected chi connectivity index (χ3v) is 4.66. The Kier molecular flexibility index (Phi) is 6.21. The highest BCUT2D eigenvalue weighted by Gasteiger charge is 2.22. The van der Waals surface area contributed by atoms with Crippen molar-refractivity contribution in [1.82, 2.24) is 14.9 Å². The number of hydrogen-bond acceptors (Lipinski definition) is 5. The van der Waals surface area contributed by atoms with Crippen molar-refractivity contribution in [2.75, 3.05) is 42.9 Å². The minimum atomic E-state index is -0.241. The average Bonchev–Trinajstić information content (AvgIpc) is 2.68. The Hall–Kier alpha value is -2.70. The molecule has 1 aromatic heterocycles. The van der Waals surface area contributed by atoms with Gasteiger partial charge in [0.25, 0.3) is 5.91 Å². The maximum absolute atomic E-state index is 13.1. The van der Waals surface area contributed by atoms with E-state index in [2.05, 4.69) is 34.0 Å². The standard InChI is InChI=1S/C20H26FN5O/c1-15(2)7-8-22-20-23-13-16(14-24-20)19(27)26-11-9-25(10-12-26)18-5-3-17(21)4-6-18/h3-6,13-15H,7-12H2,1-2H3,(H,22,23,24). The third-order valence-electron chi connectivity index (χ3n) is 4.66. The topological polar surface area (TPSA) is 61.4 Å². The van der Waals surface area contributed by atoms with Gasteiger partial charge < -0.3 is 15.1 Å². The Labute approximate surface area is 159 Å². The molecule has 144 valence electrons. The van der Waals surface area contributed by atoms with E-state index in [9.17, 15) is 9.18 Å². The Morgan fingerprint density at radius 2 is 1.74 bits per heavy atom. The second kappa shape index (κ2) is 8.79. The molecule has 6 nitrogen and oxygen atoms in total. The summed E-state index contributed by atoms with van der Waals surface area (Å²) in [5.41, 5.74) is 1.48. The van der Waals surface area contributed by atoms with Gasteiger partial charge in [0.2, 0.25) is 5.95 Å². The maximum Gasteiger partial charge on any atom is 0.257 e. The number of halogens is 1. The lowest BCUT2D eigenvalue weighted by Gasteiger charge is -2.36. The van der Waals surface area contributed by atoms with Crippen LogP contribution in [0.4, 0.5) is 16.0 Å². The highest BCUT2D eigenvalue weighted by atomic mass is 19.1. The molecule has 1 fully saturated rings. The van der Waals surface area contributed by atoms with Gasteiger partial charge in [0.1, 0.15) is 5.82 Å². The maximum atomic E-state index is 13.1. The molecule has 3 rings (SSSR count). The monoisotopic (exact) mass is 371 g/mol. The summed E-state index contributed by atoms with van der Waals surface area (Å²) >= 11 is 0. The number of benzene rings is 1. The Morgan fingerprint density at radius 3 is 2.33 bits per heavy atom. The predicted molar refractivity (Wildman–Crippen MR) is 104 cm³/mol. The Balaban J connectivity index is 1.52. The molecule has 0 atom stereocenters. The van der Waals surface area contributed by atoms with E-state index in [0.29, 0.717) is 43.6 Å². The first-order chi connectivity index (χ1) is 13.0. The van der Waals surface area contributed by atoms with Crippen LogP contribution in [0.15, 0.2) is 36.7 Å². The van der Waals surface area contributed by atoms with Crippen LogP contribution in [-0.2, 0) is 0 Å². The fourth-order valence-electron chi connectivity index (χ4n) is 3.00. The predicted octanol–water partition coefficient (Wildman–Crippen LogP) is 3.04. The summed E-state index contributed by atoms with van der Waals surface area (Å²) in [6.07, 6.45) is 4.21. The molecule has 1 aliphatic rings. The molecule has 2 heterocycles. The van der Waals surface area contributed by atoms with E-state index < -0.39 is 0 Å². The highest BCUT2D eigenvalue weighted by molar-refractivity contribution is 5.93. The molecule has 2 aromatic rings. The minimum absolute atomic E-state index is 0.0533. The molecule has 1 saturated heterocycles. The molecule has 0 radical (unpaired) electrons. The molecule has 1 N–H and O–H groups in total. The van der Waals surface area contributed by atoms with Crippen molar-refractivity contribution < 1.29 is 9.18 Å². The van der Waals surface area contributed by atoms with Gasteiger partial charge in [-0.05, 0) is 36.6 Å². The number of amides is 1. The van der Waals surface area contributed by atoms with Gasteiger partial charge in [0.15, 0.2) is 0 Å². The number of rotatable bonds is 6. The van der Waals surface area contributed by atoms with Gasteiger partial charge in [0.05, 0.1) is 5.56 Å². The van der Waals surface area contributed by atoms with Crippen molar-refractivity contribution in [1.29, 1.82) is 0 Å². The first-order valence-electron chi connectivity index (χ1n) is 9.38. The van der Waals surface area contributed by atoms with E-state index in [-0.39, 0.29) is 11.7 Å². The first-order valence-corrected chi connectivity index (χ1v) is 9.38. The molecule has 0 spiro atoms. The molecule has 7 heteroatoms. The van der Waals surface area contributed by atoms with Gasteiger partial charge in [-0.2, -0.15) is 0 Å². The highest BCUT2D eigenvalue weighted by Crippen LogP contribution is 2.18. The molecule has 1 amide bonds. The first kappa shape index (κ1) is 19.1. The van der Waals surface area contributed by atoms with Gasteiger partial charge in [-0.3, -0.25) is 4.79 Å². The smallest absolute Gasteiger partial charge is 0.257 e. The SMILES string of the molecule is CC(C)CCNc1ncc(C(=O)N2CCN(c3ccc(F)cc3)CC2)cn1. The average molecular weight is 371 g/mol. The van der Waals surface area contributed by atoms with Crippen molar-refractivity contribution in [2.45, 2.75) is 20.3 Å². The summed E-state index contributed by atoms with van der Waals surface area (Å²) in [6.45, 7) is 7.81. The molecule has 1 aliphatic heterocycles. The van der Waals surface area contributed by atoms with Gasteiger partial charge in [-0.25, -0.2) is 14.4 Å². The van der Waals surface area contributed by atoms with E-state index >= 15 is 0 Å². The second-order valence-corrected chi connectivity index (χ2v) is 7.16. The van der Waals surface area contributed by atoms with Crippen LogP contribution >= 0.6 is 0 Å². The zero-order valence-corrected chi connectivity index (χ0v) is 15.9. The Bertz CT molecular complexity index is 740. The quantitative estimate of drug-likeness (QED) is 0.846. The molecule has 27 heavy (non-hydrogen) atoms. The van der Waals surface area contributed by atoms with Crippen molar-refractivity contribution in [3.8, 4) is 0 Å². The number of nitrogens with zero attached hydrogens (tertiary/aromatic N) is 4. The molecular formula is C20H26FN5O. The lowest BCUT2D eigenvalue weighted by atomic mass is 10.1. The fourth-order valence-corrected chi connectivity index (χ4v) is 3.00. The van der Waals surface area contributed by atoms with Crippen LogP contribution in [0, 0.1) is 11.7 Å². The summed E-state index contributed by atoms with van der Waals surface area (Å²) in [5.74, 6) is 0.873. The Morgan fingerprint density at radius 1 is 1.11 bits per heavy atom. The van der Waals surface area contributed by atoms with Gasteiger partial charge >= 0.3 is 0 Å². The van der Waals surface area contributed by atoms with E-state index in [1.807, 2.05) is 4.90 Å². The van der Waals surface area contributed by atoms with Crippen molar-refractivity contribution in [3.63, 3.8) is 0 Å². The number of hydrogen-bond donors (Lipinski definition) is 1. The minimum Gasteiger partial charge on any atom is -0.368 e. The summed E-state index contributed by atoms with van der Waals surface area (Å²) in [5, 5.41) is 3.17. The molecule has 0 unspecified atom stereocenters. The van der Waals surface area contributed by atoms with Crippen LogP contribution in [-0.4, -0.2) is 53.5 Å². The molecule has 0 bridgehead atoms. The van der Waals surface area contributed by atoms with Crippen molar-refractivity contribution in [3.05, 3.63) is 48.0 Å². The number of piperazine rings is 1. The summed E-state index contributed by atoms with van der Waals surface area (Å²) in [6, 6.07) is 6.46. The number of carbonyl (C=O) groups is 1. The van der Waals surface area contributed by atoms with Gasteiger partial charge in [0, 0.05) is 50.8 Å². The van der Waals surface area contributed by atoms with E-state index in [4.69, 9.17) is 0 Å². The number of nitrogens with one attached hydrogen (secondary N) is 1. The molecule has 0 aliphatic carbocycles. The summed E-state index contributed by atoms with van der Waals surface area (Å²) < 4.78 is 13.1. The van der Waals surface area contributed by atoms with Crippen molar-refractivity contribution in [2.24, 2.45) is 5.92 Å². The number of carbonyl (C=O) groups excluding carboxylic acids is 1. The molecular weight excluding hydrogens is 345 g/mol.